The number of halogens is 1. The summed E-state index contributed by atoms with van der Waals surface area (Å²) in [5, 5.41) is 5.15. The van der Waals surface area contributed by atoms with Crippen molar-refractivity contribution in [2.45, 2.75) is 24.3 Å². The van der Waals surface area contributed by atoms with Gasteiger partial charge in [0.15, 0.2) is 5.16 Å². The molecule has 0 spiro atoms. The summed E-state index contributed by atoms with van der Waals surface area (Å²) in [6.07, 6.45) is 1.46. The highest BCUT2D eigenvalue weighted by molar-refractivity contribution is 7.99. The first-order chi connectivity index (χ1) is 12.0. The van der Waals surface area contributed by atoms with Gasteiger partial charge < -0.3 is 4.98 Å². The van der Waals surface area contributed by atoms with Crippen molar-refractivity contribution in [1.82, 2.24) is 15.4 Å². The number of rotatable bonds is 5. The van der Waals surface area contributed by atoms with Crippen molar-refractivity contribution in [2.75, 3.05) is 0 Å². The molecular formula is C18H17FN4OS. The number of hydrogen-bond acceptors (Lipinski definition) is 4. The fourth-order valence-electron chi connectivity index (χ4n) is 2.19. The lowest BCUT2D eigenvalue weighted by molar-refractivity contribution is 0.0955. The molecule has 0 unspecified atom stereocenters. The number of aromatic amines is 1. The minimum Gasteiger partial charge on any atom is -0.333 e. The molecule has 3 aromatic rings. The van der Waals surface area contributed by atoms with E-state index in [2.05, 4.69) is 34.3 Å². The minimum absolute atomic E-state index is 0.316. The number of nitrogens with zero attached hydrogens (tertiary/aromatic N) is 2. The predicted octanol–water partition coefficient (Wildman–Crippen LogP) is 3.97. The maximum absolute atomic E-state index is 12.8. The number of benzene rings is 2. The van der Waals surface area contributed by atoms with Crippen LogP contribution in [-0.4, -0.2) is 27.3 Å². The Bertz CT molecular complexity index is 918. The van der Waals surface area contributed by atoms with E-state index in [0.29, 0.717) is 16.4 Å². The van der Waals surface area contributed by atoms with Crippen LogP contribution < -0.4 is 5.43 Å². The molecule has 25 heavy (non-hydrogen) atoms. The monoisotopic (exact) mass is 356 g/mol. The molecule has 0 atom stereocenters. The molecule has 0 aliphatic rings. The van der Waals surface area contributed by atoms with Crippen molar-refractivity contribution in [3.05, 3.63) is 59.4 Å². The van der Waals surface area contributed by atoms with E-state index in [1.54, 1.807) is 42.1 Å². The molecule has 0 aliphatic carbocycles. The quantitative estimate of drug-likeness (QED) is 0.413. The number of hydrogen-bond donors (Lipinski definition) is 2. The summed E-state index contributed by atoms with van der Waals surface area (Å²) in [4.78, 5) is 19.9. The van der Waals surface area contributed by atoms with Gasteiger partial charge in [-0.1, -0.05) is 37.7 Å². The van der Waals surface area contributed by atoms with Crippen molar-refractivity contribution in [3.63, 3.8) is 0 Å². The fraction of sp³-hybridized carbons (Fsp3) is 0.167. The highest BCUT2D eigenvalue weighted by Crippen LogP contribution is 2.23. The number of fused-ring (bicyclic) bond motifs is 1. The Kier molecular flexibility index (Phi) is 5.14. The molecule has 2 aromatic carbocycles. The third kappa shape index (κ3) is 4.45. The Morgan fingerprint density at radius 1 is 1.28 bits per heavy atom. The van der Waals surface area contributed by atoms with Crippen molar-refractivity contribution in [2.24, 2.45) is 5.10 Å². The van der Waals surface area contributed by atoms with Gasteiger partial charge in [0.25, 0.3) is 5.91 Å². The van der Waals surface area contributed by atoms with E-state index in [1.165, 1.54) is 18.3 Å². The predicted molar refractivity (Wildman–Crippen MR) is 98.5 cm³/mol. The first-order valence-corrected chi connectivity index (χ1v) is 8.64. The third-order valence-electron chi connectivity index (χ3n) is 3.32. The van der Waals surface area contributed by atoms with Crippen molar-refractivity contribution < 1.29 is 9.18 Å². The van der Waals surface area contributed by atoms with Crippen LogP contribution in [0, 0.1) is 5.82 Å². The summed E-state index contributed by atoms with van der Waals surface area (Å²) in [5.74, 6) is -0.642. The third-order valence-corrected chi connectivity index (χ3v) is 4.21. The summed E-state index contributed by atoms with van der Waals surface area (Å²) in [5.41, 5.74) is 5.26. The van der Waals surface area contributed by atoms with Crippen LogP contribution in [0.3, 0.4) is 0 Å². The normalized spacial score (nSPS) is 11.5. The van der Waals surface area contributed by atoms with Crippen LogP contribution in [0.5, 0.6) is 0 Å². The van der Waals surface area contributed by atoms with Gasteiger partial charge in [0.05, 0.1) is 17.2 Å². The molecule has 1 heterocycles. The molecule has 5 nitrogen and oxygen atoms in total. The molecule has 128 valence electrons. The Hall–Kier alpha value is -2.67. The summed E-state index contributed by atoms with van der Waals surface area (Å²) in [6, 6.07) is 11.1. The molecule has 0 saturated heterocycles. The molecule has 0 bridgehead atoms. The Balaban J connectivity index is 1.70. The van der Waals surface area contributed by atoms with Crippen LogP contribution in [-0.2, 0) is 0 Å². The molecule has 0 aliphatic heterocycles. The zero-order chi connectivity index (χ0) is 17.8. The summed E-state index contributed by atoms with van der Waals surface area (Å²) >= 11 is 1.63. The van der Waals surface area contributed by atoms with Crippen LogP contribution in [0.15, 0.2) is 52.7 Å². The smallest absolute Gasteiger partial charge is 0.271 e. The van der Waals surface area contributed by atoms with Gasteiger partial charge in [0.2, 0.25) is 0 Å². The summed E-state index contributed by atoms with van der Waals surface area (Å²) in [6.45, 7) is 4.19. The van der Waals surface area contributed by atoms with Crippen LogP contribution >= 0.6 is 11.8 Å². The highest BCUT2D eigenvalue weighted by Gasteiger charge is 2.09. The lowest BCUT2D eigenvalue weighted by Gasteiger charge is -2.00. The number of H-pyrrole nitrogens is 1. The standard InChI is InChI=1S/C18H17FN4OS/c1-11(2)25-18-21-15-8-5-13(9-16(15)22-18)17(24)23-20-10-12-3-6-14(19)7-4-12/h3-11H,1-2H3,(H,21,22)(H,23,24)/b20-10-. The van der Waals surface area contributed by atoms with Gasteiger partial charge in [0, 0.05) is 10.8 Å². The van der Waals surface area contributed by atoms with Crippen molar-refractivity contribution in [3.8, 4) is 0 Å². The summed E-state index contributed by atoms with van der Waals surface area (Å²) in [7, 11) is 0. The van der Waals surface area contributed by atoms with Crippen LogP contribution in [0.2, 0.25) is 0 Å². The number of imidazole rings is 1. The van der Waals surface area contributed by atoms with E-state index >= 15 is 0 Å². The lowest BCUT2D eigenvalue weighted by atomic mass is 10.2. The molecule has 0 saturated carbocycles. The number of thioether (sulfide) groups is 1. The van der Waals surface area contributed by atoms with E-state index in [-0.39, 0.29) is 11.7 Å². The first-order valence-electron chi connectivity index (χ1n) is 7.76. The maximum atomic E-state index is 12.8. The second-order valence-corrected chi connectivity index (χ2v) is 7.26. The van der Waals surface area contributed by atoms with Gasteiger partial charge in [0.1, 0.15) is 5.82 Å². The second kappa shape index (κ2) is 7.48. The molecule has 1 aromatic heterocycles. The van der Waals surface area contributed by atoms with Gasteiger partial charge >= 0.3 is 0 Å². The fourth-order valence-corrected chi connectivity index (χ4v) is 2.95. The lowest BCUT2D eigenvalue weighted by Crippen LogP contribution is -2.17. The highest BCUT2D eigenvalue weighted by atomic mass is 32.2. The van der Waals surface area contributed by atoms with Gasteiger partial charge in [-0.2, -0.15) is 5.10 Å². The summed E-state index contributed by atoms with van der Waals surface area (Å²) < 4.78 is 12.8. The zero-order valence-electron chi connectivity index (χ0n) is 13.8. The topological polar surface area (TPSA) is 70.1 Å². The van der Waals surface area contributed by atoms with Gasteiger partial charge in [-0.05, 0) is 35.9 Å². The molecule has 0 radical (unpaired) electrons. The van der Waals surface area contributed by atoms with Crippen LogP contribution in [0.25, 0.3) is 11.0 Å². The minimum atomic E-state index is -0.326. The number of aromatic nitrogens is 2. The van der Waals surface area contributed by atoms with E-state index < -0.39 is 0 Å². The van der Waals surface area contributed by atoms with Crippen LogP contribution in [0.1, 0.15) is 29.8 Å². The number of carbonyl (C=O) groups excluding carboxylic acids is 1. The molecule has 3 rings (SSSR count). The second-order valence-electron chi connectivity index (χ2n) is 5.69. The average Bonchev–Trinajstić information content (AvgIpc) is 2.97. The SMILES string of the molecule is CC(C)Sc1nc2ccc(C(=O)N/N=C\c3ccc(F)cc3)cc2[nH]1. The zero-order valence-corrected chi connectivity index (χ0v) is 14.6. The number of carbonyl (C=O) groups is 1. The number of amides is 1. The Labute approximate surface area is 148 Å². The first kappa shape index (κ1) is 17.2. The number of hydrazone groups is 1. The van der Waals surface area contributed by atoms with Crippen molar-refractivity contribution >= 4 is 34.9 Å². The average molecular weight is 356 g/mol. The van der Waals surface area contributed by atoms with E-state index in [1.807, 2.05) is 0 Å². The molecule has 1 amide bonds. The van der Waals surface area contributed by atoms with Crippen molar-refractivity contribution in [1.29, 1.82) is 0 Å². The van der Waals surface area contributed by atoms with Gasteiger partial charge in [-0.15, -0.1) is 0 Å². The van der Waals surface area contributed by atoms with Crippen LogP contribution in [0.4, 0.5) is 4.39 Å². The molecular weight excluding hydrogens is 339 g/mol. The van der Waals surface area contributed by atoms with Gasteiger partial charge in [-0.3, -0.25) is 4.79 Å². The Morgan fingerprint density at radius 2 is 2.04 bits per heavy atom. The van der Waals surface area contributed by atoms with E-state index in [4.69, 9.17) is 0 Å². The molecule has 7 heteroatoms. The maximum Gasteiger partial charge on any atom is 0.271 e. The largest absolute Gasteiger partial charge is 0.333 e. The van der Waals surface area contributed by atoms with E-state index in [0.717, 1.165) is 16.2 Å². The number of nitrogens with one attached hydrogen (secondary N) is 2. The van der Waals surface area contributed by atoms with E-state index in [9.17, 15) is 9.18 Å². The molecule has 0 fully saturated rings. The van der Waals surface area contributed by atoms with Gasteiger partial charge in [-0.25, -0.2) is 14.8 Å². The molecule has 2 N–H and O–H groups in total. The Morgan fingerprint density at radius 3 is 2.76 bits per heavy atom.